The van der Waals surface area contributed by atoms with Crippen LogP contribution < -0.4 is 5.32 Å². The second-order valence-electron chi connectivity index (χ2n) is 9.39. The van der Waals surface area contributed by atoms with Gasteiger partial charge in [-0.25, -0.2) is 0 Å². The maximum atomic E-state index is 13.2. The third kappa shape index (κ3) is 4.07. The van der Waals surface area contributed by atoms with E-state index in [2.05, 4.69) is 13.8 Å². The minimum atomic E-state index is -1.03. The van der Waals surface area contributed by atoms with Crippen LogP contribution in [0.15, 0.2) is 0 Å². The Bertz CT molecular complexity index is 570. The smallest absolute Gasteiger partial charge is 0.238 e. The fourth-order valence-corrected chi connectivity index (χ4v) is 4.74. The van der Waals surface area contributed by atoms with Crippen molar-refractivity contribution in [3.05, 3.63) is 0 Å². The number of hydrogen-bond donors (Lipinski definition) is 2. The van der Waals surface area contributed by atoms with Gasteiger partial charge in [0.05, 0.1) is 12.6 Å². The van der Waals surface area contributed by atoms with Gasteiger partial charge in [-0.15, -0.1) is 0 Å². The first-order valence-electron chi connectivity index (χ1n) is 8.89. The zero-order chi connectivity index (χ0) is 19.2. The van der Waals surface area contributed by atoms with Crippen molar-refractivity contribution < 1.29 is 19.5 Å². The summed E-state index contributed by atoms with van der Waals surface area (Å²) >= 11 is 0. The predicted molar refractivity (Wildman–Crippen MR) is 94.8 cm³/mol. The van der Waals surface area contributed by atoms with Gasteiger partial charge in [0.2, 0.25) is 19.7 Å². The fraction of sp³-hybridized carbons (Fsp3) is 0.833. The zero-order valence-electron chi connectivity index (χ0n) is 15.8. The molecule has 6 nitrogen and oxygen atoms in total. The molecule has 1 aliphatic carbocycles. The summed E-state index contributed by atoms with van der Waals surface area (Å²) in [6.07, 6.45) is 1.96. The lowest BCUT2D eigenvalue weighted by molar-refractivity contribution is -0.148. The van der Waals surface area contributed by atoms with E-state index in [1.54, 1.807) is 25.7 Å². The topological polar surface area (TPSA) is 86.7 Å². The van der Waals surface area contributed by atoms with Crippen LogP contribution in [0.25, 0.3) is 0 Å². The third-order valence-corrected chi connectivity index (χ3v) is 5.63. The van der Waals surface area contributed by atoms with Crippen LogP contribution in [0.5, 0.6) is 0 Å². The first kappa shape index (κ1) is 20.0. The van der Waals surface area contributed by atoms with E-state index in [-0.39, 0.29) is 29.9 Å². The lowest BCUT2D eigenvalue weighted by Crippen LogP contribution is -2.52. The van der Waals surface area contributed by atoms with Gasteiger partial charge in [0.1, 0.15) is 5.92 Å². The van der Waals surface area contributed by atoms with Crippen LogP contribution in [0.3, 0.4) is 0 Å². The van der Waals surface area contributed by atoms with Crippen LogP contribution in [0.1, 0.15) is 47.5 Å². The molecule has 2 N–H and O–H groups in total. The van der Waals surface area contributed by atoms with E-state index >= 15 is 0 Å². The summed E-state index contributed by atoms with van der Waals surface area (Å²) < 4.78 is 0. The van der Waals surface area contributed by atoms with E-state index in [0.29, 0.717) is 12.5 Å². The van der Waals surface area contributed by atoms with Crippen molar-refractivity contribution in [1.82, 2.24) is 10.2 Å². The Balaban J connectivity index is 2.25. The molecule has 2 radical (unpaired) electrons. The summed E-state index contributed by atoms with van der Waals surface area (Å²) in [7, 11) is 5.05. The van der Waals surface area contributed by atoms with Gasteiger partial charge in [0.15, 0.2) is 5.81 Å². The number of rotatable bonds is 3. The first-order chi connectivity index (χ1) is 11.4. The van der Waals surface area contributed by atoms with Gasteiger partial charge in [-0.3, -0.25) is 14.4 Å². The molecule has 1 saturated carbocycles. The fourth-order valence-electron chi connectivity index (χ4n) is 4.74. The normalized spacial score (nSPS) is 29.2. The third-order valence-electron chi connectivity index (χ3n) is 5.63. The average Bonchev–Trinajstić information content (AvgIpc) is 2.87. The number of amides is 3. The summed E-state index contributed by atoms with van der Waals surface area (Å²) in [5, 5.41) is 11.9. The van der Waals surface area contributed by atoms with Crippen molar-refractivity contribution in [2.75, 3.05) is 13.2 Å². The summed E-state index contributed by atoms with van der Waals surface area (Å²) in [6, 6.07) is -0.273. The zero-order valence-corrected chi connectivity index (χ0v) is 15.8. The molecule has 2 fully saturated rings. The van der Waals surface area contributed by atoms with Crippen LogP contribution in [0, 0.1) is 28.6 Å². The number of aliphatic hydroxyl groups excluding tert-OH is 1. The largest absolute Gasteiger partial charge is 0.394 e. The number of nitrogens with zero attached hydrogens (tertiary/aromatic N) is 1. The van der Waals surface area contributed by atoms with Crippen molar-refractivity contribution in [3.8, 4) is 0 Å². The van der Waals surface area contributed by atoms with Gasteiger partial charge in [0, 0.05) is 6.54 Å². The Kier molecular flexibility index (Phi) is 5.38. The first-order valence-corrected chi connectivity index (χ1v) is 8.89. The number of carbonyl (C=O) groups excluding carboxylic acids is 3. The molecule has 1 heterocycles. The van der Waals surface area contributed by atoms with E-state index in [9.17, 15) is 19.5 Å². The van der Waals surface area contributed by atoms with Gasteiger partial charge in [-0.05, 0) is 35.5 Å². The summed E-state index contributed by atoms with van der Waals surface area (Å²) in [4.78, 5) is 38.3. The minimum Gasteiger partial charge on any atom is -0.394 e. The van der Waals surface area contributed by atoms with Gasteiger partial charge in [-0.1, -0.05) is 34.6 Å². The highest BCUT2D eigenvalue weighted by Gasteiger charge is 2.53. The molecule has 1 saturated heterocycles. The summed E-state index contributed by atoms with van der Waals surface area (Å²) in [5.41, 5.74) is -0.460. The Hall–Kier alpha value is -1.37. The van der Waals surface area contributed by atoms with Gasteiger partial charge < -0.3 is 15.3 Å². The van der Waals surface area contributed by atoms with Crippen molar-refractivity contribution >= 4 is 25.5 Å². The summed E-state index contributed by atoms with van der Waals surface area (Å²) in [6.45, 7) is 10.2. The molecule has 0 bridgehead atoms. The molecule has 25 heavy (non-hydrogen) atoms. The van der Waals surface area contributed by atoms with E-state index in [0.717, 1.165) is 12.8 Å². The lowest BCUT2D eigenvalue weighted by Gasteiger charge is -2.35. The molecule has 2 rings (SSSR count). The Morgan fingerprint density at radius 2 is 1.88 bits per heavy atom. The van der Waals surface area contributed by atoms with Crippen molar-refractivity contribution in [3.63, 3.8) is 0 Å². The maximum Gasteiger partial charge on any atom is 0.238 e. The average molecular weight is 348 g/mol. The van der Waals surface area contributed by atoms with Crippen LogP contribution in [0.4, 0.5) is 4.79 Å². The summed E-state index contributed by atoms with van der Waals surface area (Å²) in [5.74, 6) is -2.41. The van der Waals surface area contributed by atoms with Crippen LogP contribution in [-0.4, -0.2) is 54.7 Å². The number of fused-ring (bicyclic) bond motifs is 1. The van der Waals surface area contributed by atoms with Gasteiger partial charge in [0.25, 0.3) is 0 Å². The molecule has 1 aliphatic heterocycles. The van der Waals surface area contributed by atoms with Gasteiger partial charge >= 0.3 is 0 Å². The Labute approximate surface area is 151 Å². The number of hydrogen-bond acceptors (Lipinski definition) is 4. The van der Waals surface area contributed by atoms with E-state index in [1.807, 2.05) is 5.32 Å². The molecule has 3 amide bonds. The highest BCUT2D eigenvalue weighted by atomic mass is 16.3. The molecule has 0 aromatic rings. The molecule has 4 atom stereocenters. The number of likely N-dealkylation sites (tertiary alicyclic amines) is 1. The highest BCUT2D eigenvalue weighted by molar-refractivity contribution is 6.58. The van der Waals surface area contributed by atoms with Gasteiger partial charge in [-0.2, -0.15) is 0 Å². The molecule has 138 valence electrons. The molecular weight excluding hydrogens is 319 g/mol. The number of aliphatic hydroxyl groups is 1. The highest BCUT2D eigenvalue weighted by Crippen LogP contribution is 2.51. The lowest BCUT2D eigenvalue weighted by atomic mass is 9.78. The molecule has 2 aliphatic rings. The standard InChI is InChI=1S/C18H29BN2O4/c1-17(2,3)13(14(23)20-16(19)25)15(24)21-8-10-6-18(4,5)7-11(10)12(21)9-22/h10-13,22H,6-9H2,1-5H3,(H,20,23,25)/t10-,11-,12+,13+/m0/s1. The Morgan fingerprint density at radius 3 is 2.36 bits per heavy atom. The van der Waals surface area contributed by atoms with Crippen molar-refractivity contribution in [1.29, 1.82) is 0 Å². The van der Waals surface area contributed by atoms with Crippen LogP contribution in [0.2, 0.25) is 0 Å². The SMILES string of the molecule is [B]C(=O)NC(=O)[C@H](C(=O)N1C[C@@H]2CC(C)(C)C[C@@H]2[C@H]1CO)C(C)(C)C. The maximum absolute atomic E-state index is 13.2. The second kappa shape index (κ2) is 6.74. The van der Waals surface area contributed by atoms with E-state index in [1.165, 1.54) is 0 Å². The molecular formula is C18H29BN2O4. The number of carbonyl (C=O) groups is 3. The van der Waals surface area contributed by atoms with Crippen LogP contribution in [-0.2, 0) is 9.59 Å². The second-order valence-corrected chi connectivity index (χ2v) is 9.39. The minimum absolute atomic E-state index is 0.114. The van der Waals surface area contributed by atoms with E-state index < -0.39 is 23.0 Å². The Morgan fingerprint density at radius 1 is 1.28 bits per heavy atom. The predicted octanol–water partition coefficient (Wildman–Crippen LogP) is 1.31. The number of nitrogens with one attached hydrogen (secondary N) is 1. The quantitative estimate of drug-likeness (QED) is 0.595. The van der Waals surface area contributed by atoms with Crippen molar-refractivity contribution in [2.24, 2.45) is 28.6 Å². The molecule has 0 aromatic heterocycles. The molecule has 0 aromatic carbocycles. The molecule has 0 unspecified atom stereocenters. The van der Waals surface area contributed by atoms with E-state index in [4.69, 9.17) is 7.85 Å². The monoisotopic (exact) mass is 348 g/mol. The van der Waals surface area contributed by atoms with Crippen molar-refractivity contribution in [2.45, 2.75) is 53.5 Å². The molecule has 7 heteroatoms. The molecule has 0 spiro atoms. The van der Waals surface area contributed by atoms with Crippen LogP contribution >= 0.6 is 0 Å². The number of imide groups is 1.